The maximum Gasteiger partial charge on any atom is 0.226 e. The maximum absolute atomic E-state index is 4.32. The molecule has 3 heterocycles. The molecule has 0 bridgehead atoms. The number of rotatable bonds is 2. The van der Waals surface area contributed by atoms with Crippen molar-refractivity contribution in [2.45, 2.75) is 6.04 Å². The summed E-state index contributed by atoms with van der Waals surface area (Å²) in [6.45, 7) is 0. The maximum atomic E-state index is 4.32. The predicted octanol–water partition coefficient (Wildman–Crippen LogP) is 2.73. The Hall–Kier alpha value is -2.95. The van der Waals surface area contributed by atoms with Crippen LogP contribution in [0.4, 0.5) is 5.95 Å². The molecule has 0 saturated carbocycles. The summed E-state index contributed by atoms with van der Waals surface area (Å²) in [5.74, 6) is 0.748. The number of aromatic nitrogens is 4. The molecule has 0 saturated heterocycles. The Morgan fingerprint density at radius 2 is 1.81 bits per heavy atom. The van der Waals surface area contributed by atoms with E-state index < -0.39 is 0 Å². The minimum atomic E-state index is 0.0157. The summed E-state index contributed by atoms with van der Waals surface area (Å²) < 4.78 is 1.88. The van der Waals surface area contributed by atoms with Gasteiger partial charge in [-0.2, -0.15) is 10.1 Å². The molecule has 0 amide bonds. The van der Waals surface area contributed by atoms with Crippen LogP contribution in [-0.2, 0) is 0 Å². The van der Waals surface area contributed by atoms with Gasteiger partial charge >= 0.3 is 0 Å². The molecule has 2 aromatic heterocycles. The molecule has 1 N–H and O–H groups in total. The number of nitrogens with zero attached hydrogens (tertiary/aromatic N) is 4. The zero-order valence-corrected chi connectivity index (χ0v) is 11.2. The quantitative estimate of drug-likeness (QED) is 0.781. The van der Waals surface area contributed by atoms with Gasteiger partial charge in [0.2, 0.25) is 5.95 Å². The van der Waals surface area contributed by atoms with E-state index in [9.17, 15) is 0 Å². The first-order valence-corrected chi connectivity index (χ1v) is 6.75. The van der Waals surface area contributed by atoms with Crippen molar-refractivity contribution >= 4 is 11.6 Å². The lowest BCUT2D eigenvalue weighted by Gasteiger charge is -2.24. The Labute approximate surface area is 122 Å². The van der Waals surface area contributed by atoms with E-state index in [0.29, 0.717) is 0 Å². The first-order chi connectivity index (χ1) is 10.4. The van der Waals surface area contributed by atoms with Crippen LogP contribution in [0.5, 0.6) is 0 Å². The molecule has 0 radical (unpaired) electrons. The van der Waals surface area contributed by atoms with Crippen molar-refractivity contribution in [3.63, 3.8) is 0 Å². The van der Waals surface area contributed by atoms with Gasteiger partial charge in [0.15, 0.2) is 0 Å². The Bertz CT molecular complexity index is 777. The normalized spacial score (nSPS) is 16.8. The number of anilines is 1. The van der Waals surface area contributed by atoms with Crippen LogP contribution in [0.2, 0.25) is 0 Å². The first kappa shape index (κ1) is 11.8. The van der Waals surface area contributed by atoms with Crippen LogP contribution >= 0.6 is 0 Å². The Kier molecular flexibility index (Phi) is 2.74. The van der Waals surface area contributed by atoms with E-state index in [0.717, 1.165) is 22.8 Å². The molecule has 1 aliphatic heterocycles. The third-order valence-electron chi connectivity index (χ3n) is 3.54. The highest BCUT2D eigenvalue weighted by molar-refractivity contribution is 5.76. The summed E-state index contributed by atoms with van der Waals surface area (Å²) in [4.78, 5) is 8.37. The van der Waals surface area contributed by atoms with Crippen LogP contribution in [-0.4, -0.2) is 19.7 Å². The molecule has 5 heteroatoms. The van der Waals surface area contributed by atoms with Gasteiger partial charge in [-0.3, -0.25) is 4.98 Å². The number of allylic oxidation sites excluding steroid dienone is 1. The minimum absolute atomic E-state index is 0.0157. The van der Waals surface area contributed by atoms with E-state index in [2.05, 4.69) is 38.6 Å². The molecule has 1 aromatic carbocycles. The van der Waals surface area contributed by atoms with Gasteiger partial charge in [0.25, 0.3) is 0 Å². The molecule has 1 unspecified atom stereocenters. The van der Waals surface area contributed by atoms with Gasteiger partial charge in [-0.05, 0) is 29.3 Å². The van der Waals surface area contributed by atoms with Crippen LogP contribution in [0.3, 0.4) is 0 Å². The number of benzene rings is 1. The van der Waals surface area contributed by atoms with Gasteiger partial charge in [-0.25, -0.2) is 4.68 Å². The summed E-state index contributed by atoms with van der Waals surface area (Å²) in [6.07, 6.45) is 7.32. The van der Waals surface area contributed by atoms with Crippen LogP contribution in [0.25, 0.3) is 5.70 Å². The molecule has 0 aliphatic carbocycles. The van der Waals surface area contributed by atoms with Gasteiger partial charge in [-0.15, -0.1) is 0 Å². The second-order valence-electron chi connectivity index (χ2n) is 4.82. The fraction of sp³-hybridized carbons (Fsp3) is 0.0625. The number of nitrogens with one attached hydrogen (secondary N) is 1. The fourth-order valence-corrected chi connectivity index (χ4v) is 2.52. The van der Waals surface area contributed by atoms with E-state index in [4.69, 9.17) is 0 Å². The van der Waals surface area contributed by atoms with Gasteiger partial charge in [0.05, 0.1) is 0 Å². The van der Waals surface area contributed by atoms with Crippen molar-refractivity contribution < 1.29 is 0 Å². The summed E-state index contributed by atoms with van der Waals surface area (Å²) in [5, 5.41) is 7.65. The predicted molar refractivity (Wildman–Crippen MR) is 80.4 cm³/mol. The number of hydrogen-bond donors (Lipinski definition) is 1. The highest BCUT2D eigenvalue weighted by atomic mass is 15.4. The first-order valence-electron chi connectivity index (χ1n) is 6.75. The van der Waals surface area contributed by atoms with Crippen LogP contribution in [0, 0.1) is 0 Å². The van der Waals surface area contributed by atoms with Gasteiger partial charge in [0, 0.05) is 18.1 Å². The van der Waals surface area contributed by atoms with E-state index in [1.807, 2.05) is 35.0 Å². The van der Waals surface area contributed by atoms with Gasteiger partial charge in [0.1, 0.15) is 12.4 Å². The van der Waals surface area contributed by atoms with Crippen LogP contribution in [0.1, 0.15) is 17.2 Å². The summed E-state index contributed by atoms with van der Waals surface area (Å²) in [6, 6.07) is 14.2. The van der Waals surface area contributed by atoms with Crippen molar-refractivity contribution in [1.82, 2.24) is 19.7 Å². The Balaban J connectivity index is 1.83. The third kappa shape index (κ3) is 2.08. The molecule has 0 fully saturated rings. The summed E-state index contributed by atoms with van der Waals surface area (Å²) in [7, 11) is 0. The molecule has 21 heavy (non-hydrogen) atoms. The summed E-state index contributed by atoms with van der Waals surface area (Å²) >= 11 is 0. The smallest absolute Gasteiger partial charge is 0.226 e. The summed E-state index contributed by atoms with van der Waals surface area (Å²) in [5.41, 5.74) is 3.30. The highest BCUT2D eigenvalue weighted by Gasteiger charge is 2.22. The lowest BCUT2D eigenvalue weighted by atomic mass is 10.0. The average Bonchev–Trinajstić information content (AvgIpc) is 3.04. The average molecular weight is 275 g/mol. The zero-order chi connectivity index (χ0) is 14.1. The largest absolute Gasteiger partial charge is 0.324 e. The van der Waals surface area contributed by atoms with Crippen molar-refractivity contribution in [3.8, 4) is 0 Å². The van der Waals surface area contributed by atoms with Crippen molar-refractivity contribution in [2.24, 2.45) is 0 Å². The lowest BCUT2D eigenvalue weighted by molar-refractivity contribution is 0.611. The molecular formula is C16H13N5. The lowest BCUT2D eigenvalue weighted by Crippen LogP contribution is -2.20. The number of fused-ring (bicyclic) bond motifs is 1. The molecule has 0 spiro atoms. The van der Waals surface area contributed by atoms with E-state index in [-0.39, 0.29) is 6.04 Å². The second kappa shape index (κ2) is 4.86. The number of hydrogen-bond acceptors (Lipinski definition) is 4. The second-order valence-corrected chi connectivity index (χ2v) is 4.82. The van der Waals surface area contributed by atoms with Crippen LogP contribution in [0.15, 0.2) is 67.3 Å². The molecule has 3 aromatic rings. The minimum Gasteiger partial charge on any atom is -0.324 e. The molecule has 5 nitrogen and oxygen atoms in total. The highest BCUT2D eigenvalue weighted by Crippen LogP contribution is 2.31. The third-order valence-corrected chi connectivity index (χ3v) is 3.54. The molecule has 1 aliphatic rings. The standard InChI is InChI=1S/C16H13N5/c1-2-4-12(5-3-1)14-10-15(13-6-8-17-9-7-13)21-16(20-14)18-11-19-21/h1-11,15H,(H,18,19,20). The van der Waals surface area contributed by atoms with E-state index in [1.54, 1.807) is 18.7 Å². The molecular weight excluding hydrogens is 262 g/mol. The monoisotopic (exact) mass is 275 g/mol. The van der Waals surface area contributed by atoms with Gasteiger partial charge < -0.3 is 5.32 Å². The van der Waals surface area contributed by atoms with E-state index >= 15 is 0 Å². The SMILES string of the molecule is C1=C(c2ccccc2)Nc2ncnn2C1c1ccncc1. The van der Waals surface area contributed by atoms with Crippen molar-refractivity contribution in [2.75, 3.05) is 5.32 Å². The van der Waals surface area contributed by atoms with Crippen molar-refractivity contribution in [1.29, 1.82) is 0 Å². The van der Waals surface area contributed by atoms with E-state index in [1.165, 1.54) is 0 Å². The molecule has 4 rings (SSSR count). The molecule has 1 atom stereocenters. The van der Waals surface area contributed by atoms with Crippen molar-refractivity contribution in [3.05, 3.63) is 78.4 Å². The zero-order valence-electron chi connectivity index (χ0n) is 11.2. The van der Waals surface area contributed by atoms with Crippen LogP contribution < -0.4 is 5.32 Å². The van der Waals surface area contributed by atoms with Gasteiger partial charge in [-0.1, -0.05) is 30.3 Å². The Morgan fingerprint density at radius 3 is 2.62 bits per heavy atom. The Morgan fingerprint density at radius 1 is 1.00 bits per heavy atom. The fourth-order valence-electron chi connectivity index (χ4n) is 2.52. The topological polar surface area (TPSA) is 55.6 Å². The number of pyridine rings is 1. The molecule has 102 valence electrons.